The molecule has 0 spiro atoms. The number of benzene rings is 1. The molecule has 0 bridgehead atoms. The molecule has 19 heavy (non-hydrogen) atoms. The van der Waals surface area contributed by atoms with Crippen molar-refractivity contribution in [3.8, 4) is 0 Å². The van der Waals surface area contributed by atoms with Gasteiger partial charge in [0.2, 0.25) is 5.91 Å². The first-order chi connectivity index (χ1) is 9.04. The normalized spacial score (nSPS) is 10.1. The van der Waals surface area contributed by atoms with E-state index in [0.29, 0.717) is 18.5 Å². The fourth-order valence-corrected chi connectivity index (χ4v) is 1.65. The third-order valence-electron chi connectivity index (χ3n) is 2.85. The Balaban J connectivity index is 2.49. The molecule has 0 fully saturated rings. The average molecular weight is 262 g/mol. The minimum atomic E-state index is -0.0152. The van der Waals surface area contributed by atoms with Crippen LogP contribution in [0.1, 0.15) is 42.1 Å². The van der Waals surface area contributed by atoms with Crippen molar-refractivity contribution in [3.05, 3.63) is 35.4 Å². The molecule has 1 aromatic rings. The number of amides is 2. The second-order valence-corrected chi connectivity index (χ2v) is 4.78. The molecule has 1 aromatic carbocycles. The molecular formula is C15H22N2O2. The third-order valence-corrected chi connectivity index (χ3v) is 2.85. The highest BCUT2D eigenvalue weighted by atomic mass is 16.2. The first-order valence-electron chi connectivity index (χ1n) is 6.62. The van der Waals surface area contributed by atoms with Gasteiger partial charge in [0.15, 0.2) is 0 Å². The second-order valence-electron chi connectivity index (χ2n) is 4.78. The molecule has 0 aliphatic heterocycles. The van der Waals surface area contributed by atoms with Crippen LogP contribution < -0.4 is 5.32 Å². The summed E-state index contributed by atoms with van der Waals surface area (Å²) in [5.74, 6) is 0.0637. The van der Waals surface area contributed by atoms with Gasteiger partial charge in [-0.2, -0.15) is 0 Å². The molecule has 2 amide bonds. The van der Waals surface area contributed by atoms with Gasteiger partial charge in [0.1, 0.15) is 0 Å². The topological polar surface area (TPSA) is 49.4 Å². The van der Waals surface area contributed by atoms with E-state index >= 15 is 0 Å². The van der Waals surface area contributed by atoms with Gasteiger partial charge >= 0.3 is 0 Å². The zero-order chi connectivity index (χ0) is 14.3. The number of carbonyl (C=O) groups excluding carboxylic acids is 2. The van der Waals surface area contributed by atoms with E-state index in [1.807, 2.05) is 12.1 Å². The van der Waals surface area contributed by atoms with Gasteiger partial charge in [-0.25, -0.2) is 0 Å². The van der Waals surface area contributed by atoms with Crippen LogP contribution in [-0.4, -0.2) is 30.8 Å². The Morgan fingerprint density at radius 1 is 1.16 bits per heavy atom. The lowest BCUT2D eigenvalue weighted by molar-refractivity contribution is -0.121. The van der Waals surface area contributed by atoms with Crippen LogP contribution in [0.25, 0.3) is 0 Å². The lowest BCUT2D eigenvalue weighted by Gasteiger charge is -2.10. The Labute approximate surface area is 114 Å². The van der Waals surface area contributed by atoms with E-state index in [2.05, 4.69) is 12.2 Å². The Bertz CT molecular complexity index is 424. The molecule has 0 unspecified atom stereocenters. The Morgan fingerprint density at radius 2 is 1.79 bits per heavy atom. The molecule has 0 heterocycles. The van der Waals surface area contributed by atoms with E-state index in [1.54, 1.807) is 31.1 Å². The summed E-state index contributed by atoms with van der Waals surface area (Å²) in [6.07, 6.45) is 2.52. The number of nitrogens with one attached hydrogen (secondary N) is 1. The quantitative estimate of drug-likeness (QED) is 0.854. The van der Waals surface area contributed by atoms with Crippen LogP contribution in [0.3, 0.4) is 0 Å². The van der Waals surface area contributed by atoms with Crippen LogP contribution in [0.2, 0.25) is 0 Å². The largest absolute Gasteiger partial charge is 0.352 e. The monoisotopic (exact) mass is 262 g/mol. The number of unbranched alkanes of at least 4 members (excludes halogenated alkanes) is 1. The van der Waals surface area contributed by atoms with E-state index < -0.39 is 0 Å². The summed E-state index contributed by atoms with van der Waals surface area (Å²) in [7, 11) is 3.45. The summed E-state index contributed by atoms with van der Waals surface area (Å²) in [6, 6.07) is 7.32. The summed E-state index contributed by atoms with van der Waals surface area (Å²) < 4.78 is 0. The molecule has 1 N–H and O–H groups in total. The van der Waals surface area contributed by atoms with Crippen LogP contribution in [0.15, 0.2) is 24.3 Å². The Morgan fingerprint density at radius 3 is 2.32 bits per heavy atom. The van der Waals surface area contributed by atoms with Crippen molar-refractivity contribution in [1.29, 1.82) is 0 Å². The minimum absolute atomic E-state index is 0.0152. The highest BCUT2D eigenvalue weighted by molar-refractivity contribution is 5.93. The Hall–Kier alpha value is -1.84. The maximum atomic E-state index is 11.7. The molecule has 4 nitrogen and oxygen atoms in total. The summed E-state index contributed by atoms with van der Waals surface area (Å²) >= 11 is 0. The lowest BCUT2D eigenvalue weighted by Crippen LogP contribution is -2.23. The van der Waals surface area contributed by atoms with E-state index in [1.165, 1.54) is 0 Å². The molecule has 104 valence electrons. The molecule has 0 aliphatic rings. The van der Waals surface area contributed by atoms with Crippen molar-refractivity contribution in [3.63, 3.8) is 0 Å². The predicted octanol–water partition coefficient (Wildman–Crippen LogP) is 2.19. The van der Waals surface area contributed by atoms with E-state index in [4.69, 9.17) is 0 Å². The summed E-state index contributed by atoms with van der Waals surface area (Å²) in [5.41, 5.74) is 1.66. The van der Waals surface area contributed by atoms with Crippen molar-refractivity contribution >= 4 is 11.8 Å². The van der Waals surface area contributed by atoms with Crippen molar-refractivity contribution < 1.29 is 9.59 Å². The standard InChI is InChI=1S/C15H22N2O2/c1-4-5-6-14(18)16-11-12-7-9-13(10-8-12)15(19)17(2)3/h7-10H,4-6,11H2,1-3H3,(H,16,18). The van der Waals surface area contributed by atoms with Gasteiger partial charge in [0.05, 0.1) is 0 Å². The van der Waals surface area contributed by atoms with Gasteiger partial charge in [-0.3, -0.25) is 9.59 Å². The van der Waals surface area contributed by atoms with Crippen LogP contribution in [0.5, 0.6) is 0 Å². The number of nitrogens with zero attached hydrogens (tertiary/aromatic N) is 1. The molecule has 0 saturated carbocycles. The fraction of sp³-hybridized carbons (Fsp3) is 0.467. The van der Waals surface area contributed by atoms with Crippen molar-refractivity contribution in [1.82, 2.24) is 10.2 Å². The summed E-state index contributed by atoms with van der Waals surface area (Å²) in [4.78, 5) is 24.7. The zero-order valence-corrected chi connectivity index (χ0v) is 11.9. The van der Waals surface area contributed by atoms with Gasteiger partial charge in [0.25, 0.3) is 5.91 Å². The van der Waals surface area contributed by atoms with Gasteiger partial charge in [0, 0.05) is 32.6 Å². The summed E-state index contributed by atoms with van der Waals surface area (Å²) in [5, 5.41) is 2.87. The minimum Gasteiger partial charge on any atom is -0.352 e. The van der Waals surface area contributed by atoms with Gasteiger partial charge in [-0.15, -0.1) is 0 Å². The third kappa shape index (κ3) is 5.12. The predicted molar refractivity (Wildman–Crippen MR) is 75.8 cm³/mol. The molecule has 4 heteroatoms. The number of hydrogen-bond acceptors (Lipinski definition) is 2. The molecule has 1 rings (SSSR count). The SMILES string of the molecule is CCCCC(=O)NCc1ccc(C(=O)N(C)C)cc1. The number of rotatable bonds is 6. The smallest absolute Gasteiger partial charge is 0.253 e. The zero-order valence-electron chi connectivity index (χ0n) is 11.9. The highest BCUT2D eigenvalue weighted by Gasteiger charge is 2.07. The van der Waals surface area contributed by atoms with Crippen molar-refractivity contribution in [2.45, 2.75) is 32.7 Å². The van der Waals surface area contributed by atoms with E-state index in [0.717, 1.165) is 18.4 Å². The fourth-order valence-electron chi connectivity index (χ4n) is 1.65. The number of hydrogen-bond donors (Lipinski definition) is 1. The van der Waals surface area contributed by atoms with Gasteiger partial charge < -0.3 is 10.2 Å². The van der Waals surface area contributed by atoms with Crippen molar-refractivity contribution in [2.24, 2.45) is 0 Å². The van der Waals surface area contributed by atoms with E-state index in [-0.39, 0.29) is 11.8 Å². The van der Waals surface area contributed by atoms with Gasteiger partial charge in [-0.05, 0) is 24.1 Å². The summed E-state index contributed by atoms with van der Waals surface area (Å²) in [6.45, 7) is 2.58. The first kappa shape index (κ1) is 15.2. The van der Waals surface area contributed by atoms with Crippen LogP contribution in [0, 0.1) is 0 Å². The van der Waals surface area contributed by atoms with Crippen LogP contribution >= 0.6 is 0 Å². The van der Waals surface area contributed by atoms with Gasteiger partial charge in [-0.1, -0.05) is 25.5 Å². The molecule has 0 aliphatic carbocycles. The Kier molecular flexibility index (Phi) is 6.06. The van der Waals surface area contributed by atoms with E-state index in [9.17, 15) is 9.59 Å². The highest BCUT2D eigenvalue weighted by Crippen LogP contribution is 2.06. The van der Waals surface area contributed by atoms with Crippen LogP contribution in [-0.2, 0) is 11.3 Å². The number of carbonyl (C=O) groups is 2. The first-order valence-corrected chi connectivity index (χ1v) is 6.62. The molecule has 0 aromatic heterocycles. The maximum absolute atomic E-state index is 11.7. The molecular weight excluding hydrogens is 240 g/mol. The molecule has 0 atom stereocenters. The lowest BCUT2D eigenvalue weighted by atomic mass is 10.1. The van der Waals surface area contributed by atoms with Crippen LogP contribution in [0.4, 0.5) is 0 Å². The maximum Gasteiger partial charge on any atom is 0.253 e. The molecule has 0 radical (unpaired) electrons. The second kappa shape index (κ2) is 7.56. The molecule has 0 saturated heterocycles. The average Bonchev–Trinajstić information content (AvgIpc) is 2.42. The van der Waals surface area contributed by atoms with Crippen molar-refractivity contribution in [2.75, 3.05) is 14.1 Å².